The number of nitrogens with zero attached hydrogens (tertiary/aromatic N) is 1. The number of rotatable bonds is 2. The van der Waals surface area contributed by atoms with Gasteiger partial charge in [-0.15, -0.1) is 11.3 Å². The maximum Gasteiger partial charge on any atom is 0.201 e. The molecule has 10 heavy (non-hydrogen) atoms. The number of aryl methyl sites for hydroxylation is 1. The minimum atomic E-state index is 0.0538. The van der Waals surface area contributed by atoms with Gasteiger partial charge in [0.15, 0.2) is 5.01 Å². The van der Waals surface area contributed by atoms with E-state index in [1.165, 1.54) is 11.3 Å². The van der Waals surface area contributed by atoms with E-state index in [2.05, 4.69) is 20.9 Å². The van der Waals surface area contributed by atoms with Crippen LogP contribution in [-0.2, 0) is 0 Å². The first-order valence-electron chi connectivity index (χ1n) is 2.75. The number of ketones is 1. The molecule has 2 nitrogen and oxygen atoms in total. The van der Waals surface area contributed by atoms with Crippen LogP contribution < -0.4 is 0 Å². The molecular formula is C6H6BrNOS. The summed E-state index contributed by atoms with van der Waals surface area (Å²) in [5.74, 6) is 0.0538. The topological polar surface area (TPSA) is 30.0 Å². The second-order valence-corrected chi connectivity index (χ2v) is 3.63. The van der Waals surface area contributed by atoms with Crippen molar-refractivity contribution < 1.29 is 4.79 Å². The standard InChI is InChI=1S/C6H6BrNOS/c1-4-3-8-6(10-4)5(9)2-7/h3H,2H2,1H3. The molecule has 1 aromatic rings. The molecule has 0 amide bonds. The van der Waals surface area contributed by atoms with E-state index in [4.69, 9.17) is 0 Å². The summed E-state index contributed by atoms with van der Waals surface area (Å²) in [7, 11) is 0. The largest absolute Gasteiger partial charge is 0.291 e. The summed E-state index contributed by atoms with van der Waals surface area (Å²) < 4.78 is 0. The molecule has 0 N–H and O–H groups in total. The summed E-state index contributed by atoms with van der Waals surface area (Å²) in [6.07, 6.45) is 1.71. The fraction of sp³-hybridized carbons (Fsp3) is 0.333. The van der Waals surface area contributed by atoms with Gasteiger partial charge in [0.1, 0.15) is 0 Å². The second kappa shape index (κ2) is 3.25. The molecule has 0 bridgehead atoms. The maximum absolute atomic E-state index is 10.9. The molecule has 0 spiro atoms. The lowest BCUT2D eigenvalue weighted by molar-refractivity contribution is 0.102. The molecule has 4 heteroatoms. The van der Waals surface area contributed by atoms with Crippen molar-refractivity contribution in [3.63, 3.8) is 0 Å². The molecule has 54 valence electrons. The first kappa shape index (κ1) is 7.88. The van der Waals surface area contributed by atoms with Gasteiger partial charge in [-0.3, -0.25) is 4.79 Å². The second-order valence-electron chi connectivity index (χ2n) is 1.83. The number of hydrogen-bond donors (Lipinski definition) is 0. The molecule has 0 aliphatic carbocycles. The van der Waals surface area contributed by atoms with Gasteiger partial charge in [-0.2, -0.15) is 0 Å². The van der Waals surface area contributed by atoms with Crippen molar-refractivity contribution >= 4 is 33.0 Å². The SMILES string of the molecule is Cc1cnc(C(=O)CBr)s1. The van der Waals surface area contributed by atoms with Crippen LogP contribution in [0.15, 0.2) is 6.20 Å². The van der Waals surface area contributed by atoms with Gasteiger partial charge in [-0.1, -0.05) is 15.9 Å². The van der Waals surface area contributed by atoms with Crippen molar-refractivity contribution in [3.05, 3.63) is 16.1 Å². The summed E-state index contributed by atoms with van der Waals surface area (Å²) in [5.41, 5.74) is 0. The fourth-order valence-corrected chi connectivity index (χ4v) is 1.69. The first-order valence-corrected chi connectivity index (χ1v) is 4.69. The third-order valence-electron chi connectivity index (χ3n) is 0.981. The summed E-state index contributed by atoms with van der Waals surface area (Å²) in [5, 5.41) is 0.953. The van der Waals surface area contributed by atoms with Gasteiger partial charge in [0.05, 0.1) is 5.33 Å². The Balaban J connectivity index is 2.85. The number of halogens is 1. The van der Waals surface area contributed by atoms with Gasteiger partial charge in [0, 0.05) is 11.1 Å². The van der Waals surface area contributed by atoms with Gasteiger partial charge < -0.3 is 0 Å². The quantitative estimate of drug-likeness (QED) is 0.563. The van der Waals surface area contributed by atoms with Crippen LogP contribution in [0.25, 0.3) is 0 Å². The molecule has 1 aromatic heterocycles. The summed E-state index contributed by atoms with van der Waals surface area (Å²) in [6, 6.07) is 0. The minimum Gasteiger partial charge on any atom is -0.291 e. The molecule has 0 aliphatic heterocycles. The smallest absolute Gasteiger partial charge is 0.201 e. The lowest BCUT2D eigenvalue weighted by Gasteiger charge is -1.84. The maximum atomic E-state index is 10.9. The van der Waals surface area contributed by atoms with Crippen molar-refractivity contribution in [2.45, 2.75) is 6.92 Å². The Kier molecular flexibility index (Phi) is 2.56. The molecule has 0 aliphatic rings. The predicted octanol–water partition coefficient (Wildman–Crippen LogP) is 2.03. The van der Waals surface area contributed by atoms with Crippen LogP contribution in [0.2, 0.25) is 0 Å². The number of carbonyl (C=O) groups is 1. The van der Waals surface area contributed by atoms with Crippen LogP contribution in [0.1, 0.15) is 14.7 Å². The van der Waals surface area contributed by atoms with Gasteiger partial charge in [-0.05, 0) is 6.92 Å². The molecule has 0 saturated carbocycles. The Morgan fingerprint density at radius 3 is 3.00 bits per heavy atom. The van der Waals surface area contributed by atoms with Crippen molar-refractivity contribution in [1.29, 1.82) is 0 Å². The third-order valence-corrected chi connectivity index (χ3v) is 2.44. The molecule has 0 atom stereocenters. The highest BCUT2D eigenvalue weighted by molar-refractivity contribution is 9.09. The first-order chi connectivity index (χ1) is 4.74. The molecule has 1 heterocycles. The summed E-state index contributed by atoms with van der Waals surface area (Å²) >= 11 is 4.51. The Morgan fingerprint density at radius 2 is 2.60 bits per heavy atom. The Hall–Kier alpha value is -0.220. The highest BCUT2D eigenvalue weighted by Crippen LogP contribution is 2.12. The zero-order valence-corrected chi connectivity index (χ0v) is 7.83. The number of alkyl halides is 1. The number of hydrogen-bond acceptors (Lipinski definition) is 3. The van der Waals surface area contributed by atoms with E-state index in [0.29, 0.717) is 10.3 Å². The molecule has 0 radical (unpaired) electrons. The van der Waals surface area contributed by atoms with Crippen molar-refractivity contribution in [3.8, 4) is 0 Å². The van der Waals surface area contributed by atoms with Crippen LogP contribution in [0.4, 0.5) is 0 Å². The van der Waals surface area contributed by atoms with Crippen LogP contribution in [0.5, 0.6) is 0 Å². The van der Waals surface area contributed by atoms with Gasteiger partial charge in [0.2, 0.25) is 5.78 Å². The zero-order valence-electron chi connectivity index (χ0n) is 5.43. The van der Waals surface area contributed by atoms with E-state index in [9.17, 15) is 4.79 Å². The van der Waals surface area contributed by atoms with Crippen LogP contribution in [0.3, 0.4) is 0 Å². The number of aromatic nitrogens is 1. The van der Waals surface area contributed by atoms with Crippen LogP contribution in [-0.4, -0.2) is 16.1 Å². The molecule has 0 unspecified atom stereocenters. The van der Waals surface area contributed by atoms with E-state index in [1.54, 1.807) is 6.20 Å². The average Bonchev–Trinajstić information content (AvgIpc) is 2.34. The van der Waals surface area contributed by atoms with E-state index >= 15 is 0 Å². The number of Topliss-reactive ketones (excluding diaryl/α,β-unsaturated/α-hetero) is 1. The van der Waals surface area contributed by atoms with Gasteiger partial charge in [0.25, 0.3) is 0 Å². The highest BCUT2D eigenvalue weighted by Gasteiger charge is 2.06. The Morgan fingerprint density at radius 1 is 1.90 bits per heavy atom. The highest BCUT2D eigenvalue weighted by atomic mass is 79.9. The summed E-state index contributed by atoms with van der Waals surface area (Å²) in [4.78, 5) is 15.9. The lowest BCUT2D eigenvalue weighted by atomic mass is 10.5. The summed E-state index contributed by atoms with van der Waals surface area (Å²) in [6.45, 7) is 1.93. The van der Waals surface area contributed by atoms with E-state index in [-0.39, 0.29) is 5.78 Å². The van der Waals surface area contributed by atoms with E-state index in [0.717, 1.165) is 4.88 Å². The normalized spacial score (nSPS) is 9.80. The Bertz CT molecular complexity index is 246. The molecule has 0 fully saturated rings. The van der Waals surface area contributed by atoms with Crippen LogP contribution >= 0.6 is 27.3 Å². The fourth-order valence-electron chi connectivity index (χ4n) is 0.541. The van der Waals surface area contributed by atoms with Crippen molar-refractivity contribution in [2.75, 3.05) is 5.33 Å². The molecule has 0 aromatic carbocycles. The third kappa shape index (κ3) is 1.64. The zero-order chi connectivity index (χ0) is 7.56. The van der Waals surface area contributed by atoms with Gasteiger partial charge in [-0.25, -0.2) is 4.98 Å². The van der Waals surface area contributed by atoms with Gasteiger partial charge >= 0.3 is 0 Å². The predicted molar refractivity (Wildman–Crippen MR) is 45.0 cm³/mol. The van der Waals surface area contributed by atoms with E-state index < -0.39 is 0 Å². The van der Waals surface area contributed by atoms with Crippen LogP contribution in [0, 0.1) is 6.92 Å². The Labute approximate surface area is 71.4 Å². The lowest BCUT2D eigenvalue weighted by Crippen LogP contribution is -1.97. The minimum absolute atomic E-state index is 0.0538. The number of carbonyl (C=O) groups excluding carboxylic acids is 1. The molecular weight excluding hydrogens is 214 g/mol. The average molecular weight is 220 g/mol. The van der Waals surface area contributed by atoms with Crippen molar-refractivity contribution in [2.24, 2.45) is 0 Å². The monoisotopic (exact) mass is 219 g/mol. The van der Waals surface area contributed by atoms with Crippen molar-refractivity contribution in [1.82, 2.24) is 4.98 Å². The molecule has 0 saturated heterocycles. The number of thiazole rings is 1. The van der Waals surface area contributed by atoms with E-state index in [1.807, 2.05) is 6.92 Å². The molecule has 1 rings (SSSR count).